The largest absolute Gasteiger partial charge is 0.337 e. The summed E-state index contributed by atoms with van der Waals surface area (Å²) in [6, 6.07) is 12.4. The van der Waals surface area contributed by atoms with Gasteiger partial charge in [0.25, 0.3) is 5.91 Å². The zero-order valence-corrected chi connectivity index (χ0v) is 12.1. The number of benzene rings is 1. The fourth-order valence-electron chi connectivity index (χ4n) is 2.42. The predicted octanol–water partition coefficient (Wildman–Crippen LogP) is 2.20. The van der Waals surface area contributed by atoms with Crippen molar-refractivity contribution in [3.63, 3.8) is 0 Å². The topological polar surface area (TPSA) is 66.1 Å². The third kappa shape index (κ3) is 2.74. The molecule has 0 aliphatic heterocycles. The van der Waals surface area contributed by atoms with Crippen LogP contribution in [0.3, 0.4) is 0 Å². The molecule has 1 amide bonds. The summed E-state index contributed by atoms with van der Waals surface area (Å²) in [5, 5.41) is 0.741. The average molecular weight is 293 g/mol. The number of hydrogen-bond donors (Lipinski definition) is 1. The average Bonchev–Trinajstić information content (AvgIpc) is 2.54. The number of aromatic amines is 1. The van der Waals surface area contributed by atoms with Crippen molar-refractivity contribution >= 4 is 16.8 Å². The van der Waals surface area contributed by atoms with E-state index in [4.69, 9.17) is 0 Å². The molecule has 2 aromatic heterocycles. The van der Waals surface area contributed by atoms with Crippen LogP contribution in [0, 0.1) is 0 Å². The Bertz CT molecular complexity index is 872. The number of amides is 1. The molecular formula is C17H15N3O2. The summed E-state index contributed by atoms with van der Waals surface area (Å²) in [4.78, 5) is 32.8. The van der Waals surface area contributed by atoms with Crippen LogP contribution >= 0.6 is 0 Å². The van der Waals surface area contributed by atoms with Gasteiger partial charge in [0.1, 0.15) is 0 Å². The lowest BCUT2D eigenvalue weighted by Crippen LogP contribution is -2.27. The molecule has 0 aliphatic carbocycles. The molecule has 0 spiro atoms. The van der Waals surface area contributed by atoms with E-state index in [0.29, 0.717) is 17.6 Å². The lowest BCUT2D eigenvalue weighted by molar-refractivity contribution is 0.0786. The monoisotopic (exact) mass is 293 g/mol. The van der Waals surface area contributed by atoms with E-state index in [0.717, 1.165) is 10.9 Å². The van der Waals surface area contributed by atoms with Gasteiger partial charge in [0.05, 0.1) is 5.56 Å². The van der Waals surface area contributed by atoms with Gasteiger partial charge in [-0.1, -0.05) is 24.3 Å². The number of nitrogens with zero attached hydrogens (tertiary/aromatic N) is 2. The Labute approximate surface area is 127 Å². The Morgan fingerprint density at radius 2 is 2.05 bits per heavy atom. The number of rotatable bonds is 3. The zero-order chi connectivity index (χ0) is 15.5. The molecule has 5 nitrogen and oxygen atoms in total. The minimum atomic E-state index is -0.281. The maximum Gasteiger partial charge on any atom is 0.254 e. The standard InChI is InChI=1S/C17H15N3O2/c1-20(11-12-5-4-8-18-10-12)17(22)14-9-16(21)19-15-7-3-2-6-13(14)15/h2-10H,11H2,1H3,(H,19,21). The highest BCUT2D eigenvalue weighted by atomic mass is 16.2. The van der Waals surface area contributed by atoms with Crippen LogP contribution in [-0.4, -0.2) is 27.8 Å². The number of pyridine rings is 2. The van der Waals surface area contributed by atoms with E-state index >= 15 is 0 Å². The molecule has 110 valence electrons. The van der Waals surface area contributed by atoms with Gasteiger partial charge >= 0.3 is 0 Å². The maximum absolute atomic E-state index is 12.7. The van der Waals surface area contributed by atoms with Gasteiger partial charge in [-0.25, -0.2) is 0 Å². The smallest absolute Gasteiger partial charge is 0.254 e. The van der Waals surface area contributed by atoms with E-state index in [1.54, 1.807) is 30.4 Å². The molecule has 2 heterocycles. The van der Waals surface area contributed by atoms with Gasteiger partial charge in [0, 0.05) is 43.0 Å². The normalized spacial score (nSPS) is 10.6. The van der Waals surface area contributed by atoms with E-state index < -0.39 is 0 Å². The van der Waals surface area contributed by atoms with Crippen LogP contribution in [0.1, 0.15) is 15.9 Å². The minimum Gasteiger partial charge on any atom is -0.337 e. The Hall–Kier alpha value is -2.95. The molecule has 0 radical (unpaired) electrons. The van der Waals surface area contributed by atoms with Crippen molar-refractivity contribution in [3.05, 3.63) is 76.3 Å². The lowest BCUT2D eigenvalue weighted by atomic mass is 10.1. The highest BCUT2D eigenvalue weighted by Gasteiger charge is 2.16. The highest BCUT2D eigenvalue weighted by Crippen LogP contribution is 2.16. The highest BCUT2D eigenvalue weighted by molar-refractivity contribution is 6.05. The van der Waals surface area contributed by atoms with E-state index in [-0.39, 0.29) is 11.5 Å². The zero-order valence-electron chi connectivity index (χ0n) is 12.1. The second-order valence-electron chi connectivity index (χ2n) is 5.12. The van der Waals surface area contributed by atoms with Gasteiger partial charge in [-0.15, -0.1) is 0 Å². The lowest BCUT2D eigenvalue weighted by Gasteiger charge is -2.18. The number of aromatic nitrogens is 2. The van der Waals surface area contributed by atoms with Gasteiger partial charge in [-0.3, -0.25) is 14.6 Å². The molecular weight excluding hydrogens is 278 g/mol. The van der Waals surface area contributed by atoms with Crippen LogP contribution in [0.25, 0.3) is 10.9 Å². The van der Waals surface area contributed by atoms with Crippen molar-refractivity contribution < 1.29 is 4.79 Å². The maximum atomic E-state index is 12.7. The van der Waals surface area contributed by atoms with Gasteiger partial charge in [-0.05, 0) is 17.7 Å². The van der Waals surface area contributed by atoms with Crippen molar-refractivity contribution in [1.82, 2.24) is 14.9 Å². The molecule has 0 bridgehead atoms. The van der Waals surface area contributed by atoms with Crippen LogP contribution in [0.4, 0.5) is 0 Å². The third-order valence-corrected chi connectivity index (χ3v) is 3.47. The SMILES string of the molecule is CN(Cc1cccnc1)C(=O)c1cc(=O)[nH]c2ccccc12. The van der Waals surface area contributed by atoms with Crippen molar-refractivity contribution in [2.75, 3.05) is 7.05 Å². The second-order valence-corrected chi connectivity index (χ2v) is 5.12. The number of carbonyl (C=O) groups excluding carboxylic acids is 1. The first-order valence-corrected chi connectivity index (χ1v) is 6.91. The minimum absolute atomic E-state index is 0.189. The second kappa shape index (κ2) is 5.81. The molecule has 0 fully saturated rings. The van der Waals surface area contributed by atoms with Crippen LogP contribution in [0.5, 0.6) is 0 Å². The number of fused-ring (bicyclic) bond motifs is 1. The molecule has 0 saturated heterocycles. The summed E-state index contributed by atoms with van der Waals surface area (Å²) in [7, 11) is 1.71. The fourth-order valence-corrected chi connectivity index (χ4v) is 2.42. The Morgan fingerprint density at radius 3 is 2.82 bits per heavy atom. The van der Waals surface area contributed by atoms with Crippen molar-refractivity contribution in [1.29, 1.82) is 0 Å². The fraction of sp³-hybridized carbons (Fsp3) is 0.118. The van der Waals surface area contributed by atoms with Gasteiger partial charge in [0.2, 0.25) is 5.56 Å². The van der Waals surface area contributed by atoms with E-state index in [1.807, 2.05) is 30.3 Å². The predicted molar refractivity (Wildman–Crippen MR) is 84.6 cm³/mol. The van der Waals surface area contributed by atoms with Crippen molar-refractivity contribution in [2.24, 2.45) is 0 Å². The number of nitrogens with one attached hydrogen (secondary N) is 1. The van der Waals surface area contributed by atoms with Gasteiger partial charge < -0.3 is 9.88 Å². The Balaban J connectivity index is 1.96. The Morgan fingerprint density at radius 1 is 1.23 bits per heavy atom. The van der Waals surface area contributed by atoms with Crippen LogP contribution in [-0.2, 0) is 6.54 Å². The Kier molecular flexibility index (Phi) is 3.70. The molecule has 0 saturated carbocycles. The summed E-state index contributed by atoms with van der Waals surface area (Å²) < 4.78 is 0. The molecule has 22 heavy (non-hydrogen) atoms. The number of hydrogen-bond acceptors (Lipinski definition) is 3. The summed E-state index contributed by atoms with van der Waals surface area (Å²) in [5.74, 6) is -0.189. The molecule has 3 rings (SSSR count). The number of para-hydroxylation sites is 1. The first-order valence-electron chi connectivity index (χ1n) is 6.91. The number of carbonyl (C=O) groups is 1. The van der Waals surface area contributed by atoms with Crippen molar-refractivity contribution in [2.45, 2.75) is 6.54 Å². The van der Waals surface area contributed by atoms with Crippen LogP contribution in [0.15, 0.2) is 59.7 Å². The molecule has 0 atom stereocenters. The molecule has 0 unspecified atom stereocenters. The van der Waals surface area contributed by atoms with E-state index in [1.165, 1.54) is 6.07 Å². The third-order valence-electron chi connectivity index (χ3n) is 3.47. The summed E-state index contributed by atoms with van der Waals surface area (Å²) in [6.45, 7) is 0.438. The summed E-state index contributed by atoms with van der Waals surface area (Å²) >= 11 is 0. The quantitative estimate of drug-likeness (QED) is 0.805. The molecule has 0 aliphatic rings. The summed E-state index contributed by atoms with van der Waals surface area (Å²) in [5.41, 5.74) is 1.73. The van der Waals surface area contributed by atoms with Crippen molar-refractivity contribution in [3.8, 4) is 0 Å². The summed E-state index contributed by atoms with van der Waals surface area (Å²) in [6.07, 6.45) is 3.41. The first-order chi connectivity index (χ1) is 10.6. The van der Waals surface area contributed by atoms with Gasteiger partial charge in [0.15, 0.2) is 0 Å². The van der Waals surface area contributed by atoms with E-state index in [9.17, 15) is 9.59 Å². The van der Waals surface area contributed by atoms with E-state index in [2.05, 4.69) is 9.97 Å². The van der Waals surface area contributed by atoms with Crippen LogP contribution in [0.2, 0.25) is 0 Å². The number of H-pyrrole nitrogens is 1. The first kappa shape index (κ1) is 14.0. The van der Waals surface area contributed by atoms with Gasteiger partial charge in [-0.2, -0.15) is 0 Å². The molecule has 5 heteroatoms. The molecule has 3 aromatic rings. The van der Waals surface area contributed by atoms with Crippen LogP contribution < -0.4 is 5.56 Å². The molecule has 1 aromatic carbocycles. The molecule has 1 N–H and O–H groups in total.